The van der Waals surface area contributed by atoms with Crippen LogP contribution >= 0.6 is 0 Å². The molecule has 0 amide bonds. The van der Waals surface area contributed by atoms with Crippen LogP contribution in [0, 0.1) is 0 Å². The minimum absolute atomic E-state index is 0.201. The molecule has 0 unspecified atom stereocenters. The molecule has 0 saturated carbocycles. The second kappa shape index (κ2) is 4.84. The molecule has 4 rings (SSSR count). The van der Waals surface area contributed by atoms with Crippen molar-refractivity contribution in [2.75, 3.05) is 21.0 Å². The second-order valence-corrected chi connectivity index (χ2v) is 4.88. The van der Waals surface area contributed by atoms with E-state index in [0.717, 1.165) is 28.2 Å². The molecule has 1 N–H and O–H groups in total. The number of hydrogen-bond acceptors (Lipinski definition) is 5. The molecule has 0 fully saturated rings. The number of hydrogen-bond donors (Lipinski definition) is 1. The third-order valence-corrected chi connectivity index (χ3v) is 3.62. The van der Waals surface area contributed by atoms with Gasteiger partial charge in [0.15, 0.2) is 11.5 Å². The van der Waals surface area contributed by atoms with Crippen molar-refractivity contribution >= 4 is 11.0 Å². The van der Waals surface area contributed by atoms with Gasteiger partial charge >= 0.3 is 0 Å². The Morgan fingerprint density at radius 3 is 2.82 bits per heavy atom. The molecule has 2 aromatic carbocycles. The Balaban J connectivity index is 1.84. The van der Waals surface area contributed by atoms with E-state index < -0.39 is 0 Å². The van der Waals surface area contributed by atoms with E-state index in [1.165, 1.54) is 0 Å². The van der Waals surface area contributed by atoms with Gasteiger partial charge < -0.3 is 23.9 Å². The summed E-state index contributed by atoms with van der Waals surface area (Å²) >= 11 is 0. The van der Waals surface area contributed by atoms with Crippen LogP contribution in [0.4, 0.5) is 0 Å². The maximum atomic E-state index is 5.45. The van der Waals surface area contributed by atoms with Crippen molar-refractivity contribution in [1.82, 2.24) is 9.97 Å². The molecule has 6 nitrogen and oxygen atoms in total. The number of imidazole rings is 1. The predicted octanol–water partition coefficient (Wildman–Crippen LogP) is 2.98. The number of aromatic amines is 1. The molecule has 22 heavy (non-hydrogen) atoms. The summed E-state index contributed by atoms with van der Waals surface area (Å²) in [4.78, 5) is 7.88. The molecule has 0 bridgehead atoms. The minimum atomic E-state index is 0.201. The van der Waals surface area contributed by atoms with Gasteiger partial charge in [0.2, 0.25) is 12.5 Å². The zero-order chi connectivity index (χ0) is 15.1. The number of methoxy groups -OCH3 is 2. The molecule has 112 valence electrons. The quantitative estimate of drug-likeness (QED) is 0.805. The number of aromatic nitrogens is 2. The van der Waals surface area contributed by atoms with Gasteiger partial charge in [-0.05, 0) is 24.3 Å². The zero-order valence-corrected chi connectivity index (χ0v) is 12.2. The van der Waals surface area contributed by atoms with Crippen LogP contribution in [0.15, 0.2) is 30.3 Å². The second-order valence-electron chi connectivity index (χ2n) is 4.88. The first-order valence-corrected chi connectivity index (χ1v) is 6.80. The van der Waals surface area contributed by atoms with E-state index in [1.807, 2.05) is 30.3 Å². The number of nitrogens with zero attached hydrogens (tertiary/aromatic N) is 1. The van der Waals surface area contributed by atoms with Gasteiger partial charge in [-0.25, -0.2) is 4.98 Å². The molecule has 0 radical (unpaired) electrons. The van der Waals surface area contributed by atoms with Gasteiger partial charge in [0, 0.05) is 11.6 Å². The number of nitrogens with one attached hydrogen (secondary N) is 1. The van der Waals surface area contributed by atoms with Crippen molar-refractivity contribution in [1.29, 1.82) is 0 Å². The Kier molecular flexibility index (Phi) is 2.82. The topological polar surface area (TPSA) is 65.6 Å². The number of fused-ring (bicyclic) bond motifs is 2. The molecule has 0 saturated heterocycles. The molecule has 1 aromatic heterocycles. The maximum absolute atomic E-state index is 5.45. The van der Waals surface area contributed by atoms with E-state index in [4.69, 9.17) is 18.9 Å². The largest absolute Gasteiger partial charge is 0.497 e. The highest BCUT2D eigenvalue weighted by molar-refractivity contribution is 5.81. The highest BCUT2D eigenvalue weighted by Crippen LogP contribution is 2.43. The van der Waals surface area contributed by atoms with Gasteiger partial charge in [-0.2, -0.15) is 0 Å². The fraction of sp³-hybridized carbons (Fsp3) is 0.188. The first-order valence-electron chi connectivity index (χ1n) is 6.80. The average Bonchev–Trinajstić information content (AvgIpc) is 3.19. The molecule has 0 spiro atoms. The summed E-state index contributed by atoms with van der Waals surface area (Å²) in [5.74, 6) is 3.44. The van der Waals surface area contributed by atoms with Gasteiger partial charge in [-0.3, -0.25) is 0 Å². The third-order valence-electron chi connectivity index (χ3n) is 3.62. The van der Waals surface area contributed by atoms with Crippen LogP contribution in [0.1, 0.15) is 0 Å². The molecule has 6 heteroatoms. The minimum Gasteiger partial charge on any atom is -0.497 e. The highest BCUT2D eigenvalue weighted by atomic mass is 16.7. The van der Waals surface area contributed by atoms with Crippen LogP contribution in [0.5, 0.6) is 23.0 Å². The van der Waals surface area contributed by atoms with Gasteiger partial charge in [0.1, 0.15) is 11.6 Å². The summed E-state index contributed by atoms with van der Waals surface area (Å²) < 4.78 is 21.4. The lowest BCUT2D eigenvalue weighted by Gasteiger charge is -2.06. The Morgan fingerprint density at radius 1 is 1.09 bits per heavy atom. The SMILES string of the molecule is COc1ccc2nc(-c3cc(OC)c4c(c3)OCO4)[nH]c2c1. The van der Waals surface area contributed by atoms with Gasteiger partial charge in [-0.1, -0.05) is 0 Å². The van der Waals surface area contributed by atoms with E-state index in [9.17, 15) is 0 Å². The smallest absolute Gasteiger partial charge is 0.231 e. The van der Waals surface area contributed by atoms with Crippen molar-refractivity contribution in [3.63, 3.8) is 0 Å². The van der Waals surface area contributed by atoms with Crippen LogP contribution in [-0.4, -0.2) is 31.0 Å². The molecular formula is C16H14N2O4. The zero-order valence-electron chi connectivity index (χ0n) is 12.2. The summed E-state index contributed by atoms with van der Waals surface area (Å²) in [5.41, 5.74) is 2.65. The van der Waals surface area contributed by atoms with E-state index in [2.05, 4.69) is 9.97 Å². The third kappa shape index (κ3) is 1.92. The lowest BCUT2D eigenvalue weighted by molar-refractivity contribution is 0.171. The van der Waals surface area contributed by atoms with Crippen molar-refractivity contribution in [3.05, 3.63) is 30.3 Å². The van der Waals surface area contributed by atoms with Crippen molar-refractivity contribution in [2.24, 2.45) is 0 Å². The maximum Gasteiger partial charge on any atom is 0.231 e. The fourth-order valence-corrected chi connectivity index (χ4v) is 2.52. The molecular weight excluding hydrogens is 284 g/mol. The first-order chi connectivity index (χ1) is 10.8. The molecule has 1 aliphatic rings. The van der Waals surface area contributed by atoms with E-state index >= 15 is 0 Å². The monoisotopic (exact) mass is 298 g/mol. The molecule has 0 atom stereocenters. The number of rotatable bonds is 3. The van der Waals surface area contributed by atoms with Crippen molar-refractivity contribution in [3.8, 4) is 34.4 Å². The Labute approximate surface area is 126 Å². The first kappa shape index (κ1) is 12.8. The Bertz CT molecular complexity index is 857. The van der Waals surface area contributed by atoms with Crippen LogP contribution in [-0.2, 0) is 0 Å². The van der Waals surface area contributed by atoms with Gasteiger partial charge in [0.25, 0.3) is 0 Å². The van der Waals surface area contributed by atoms with Crippen LogP contribution in [0.3, 0.4) is 0 Å². The molecule has 1 aliphatic heterocycles. The number of benzene rings is 2. The van der Waals surface area contributed by atoms with Crippen molar-refractivity contribution < 1.29 is 18.9 Å². The lowest BCUT2D eigenvalue weighted by Crippen LogP contribution is -1.93. The van der Waals surface area contributed by atoms with Gasteiger partial charge in [0.05, 0.1) is 25.3 Å². The lowest BCUT2D eigenvalue weighted by atomic mass is 10.1. The molecule has 2 heterocycles. The summed E-state index contributed by atoms with van der Waals surface area (Å²) in [7, 11) is 3.24. The average molecular weight is 298 g/mol. The van der Waals surface area contributed by atoms with E-state index in [1.54, 1.807) is 14.2 Å². The highest BCUT2D eigenvalue weighted by Gasteiger charge is 2.21. The number of H-pyrrole nitrogens is 1. The van der Waals surface area contributed by atoms with Crippen LogP contribution < -0.4 is 18.9 Å². The number of ether oxygens (including phenoxy) is 4. The summed E-state index contributed by atoms with van der Waals surface area (Å²) in [6, 6.07) is 9.48. The van der Waals surface area contributed by atoms with Crippen molar-refractivity contribution in [2.45, 2.75) is 0 Å². The summed E-state index contributed by atoms with van der Waals surface area (Å²) in [5, 5.41) is 0. The van der Waals surface area contributed by atoms with Gasteiger partial charge in [-0.15, -0.1) is 0 Å². The van der Waals surface area contributed by atoms with Crippen LogP contribution in [0.25, 0.3) is 22.4 Å². The molecule has 3 aromatic rings. The van der Waals surface area contributed by atoms with E-state index in [0.29, 0.717) is 17.2 Å². The molecule has 0 aliphatic carbocycles. The Hall–Kier alpha value is -2.89. The fourth-order valence-electron chi connectivity index (χ4n) is 2.52. The summed E-state index contributed by atoms with van der Waals surface area (Å²) in [6.07, 6.45) is 0. The Morgan fingerprint density at radius 2 is 2.00 bits per heavy atom. The predicted molar refractivity (Wildman–Crippen MR) is 80.8 cm³/mol. The normalized spacial score (nSPS) is 12.6. The standard InChI is InChI=1S/C16H14N2O4/c1-19-10-3-4-11-12(7-10)18-16(17-11)9-5-13(20-2)15-14(6-9)21-8-22-15/h3-7H,8H2,1-2H3,(H,17,18). The summed E-state index contributed by atoms with van der Waals surface area (Å²) in [6.45, 7) is 0.201. The van der Waals surface area contributed by atoms with Crippen LogP contribution in [0.2, 0.25) is 0 Å². The van der Waals surface area contributed by atoms with E-state index in [-0.39, 0.29) is 6.79 Å².